The summed E-state index contributed by atoms with van der Waals surface area (Å²) in [6, 6.07) is 6.43. The summed E-state index contributed by atoms with van der Waals surface area (Å²) >= 11 is 6.21. The van der Waals surface area contributed by atoms with E-state index >= 15 is 0 Å². The summed E-state index contributed by atoms with van der Waals surface area (Å²) in [5.74, 6) is 0.504. The number of imidazole rings is 1. The van der Waals surface area contributed by atoms with Crippen LogP contribution in [0.15, 0.2) is 24.5 Å². The molecule has 0 bridgehead atoms. The maximum atomic E-state index is 10.1. The Balaban J connectivity index is 1.69. The fourth-order valence-electron chi connectivity index (χ4n) is 3.64. The van der Waals surface area contributed by atoms with Gasteiger partial charge in [0.05, 0.1) is 27.1 Å². The normalized spacial score (nSPS) is 22.0. The van der Waals surface area contributed by atoms with Crippen LogP contribution in [0, 0.1) is 6.92 Å². The van der Waals surface area contributed by atoms with E-state index in [1.54, 1.807) is 10.9 Å². The number of aromatic nitrogens is 4. The predicted octanol–water partition coefficient (Wildman–Crippen LogP) is 2.72. The van der Waals surface area contributed by atoms with Crippen molar-refractivity contribution in [2.24, 2.45) is 0 Å². The van der Waals surface area contributed by atoms with Gasteiger partial charge in [0, 0.05) is 12.1 Å². The van der Waals surface area contributed by atoms with E-state index in [1.807, 2.05) is 0 Å². The van der Waals surface area contributed by atoms with Crippen LogP contribution in [-0.4, -0.2) is 56.6 Å². The molecule has 1 fully saturated rings. The van der Waals surface area contributed by atoms with Crippen LogP contribution in [0.2, 0.25) is 24.9 Å². The SMILES string of the molecule is Cc1cc([Si](C)(C)C)ccc1Nc1nc(Cl)nc2c1ncn2C1CC(O)C(CO)O1. The molecule has 0 spiro atoms. The summed E-state index contributed by atoms with van der Waals surface area (Å²) in [6.07, 6.45) is 0.0609. The Labute approximate surface area is 180 Å². The maximum absolute atomic E-state index is 10.1. The largest absolute Gasteiger partial charge is 0.394 e. The van der Waals surface area contributed by atoms with Gasteiger partial charge in [0.2, 0.25) is 5.28 Å². The molecule has 160 valence electrons. The fraction of sp³-hybridized carbons (Fsp3) is 0.450. The summed E-state index contributed by atoms with van der Waals surface area (Å²) in [6.45, 7) is 8.77. The van der Waals surface area contributed by atoms with Gasteiger partial charge in [0.25, 0.3) is 0 Å². The van der Waals surface area contributed by atoms with Gasteiger partial charge < -0.3 is 20.3 Å². The molecule has 1 aliphatic rings. The van der Waals surface area contributed by atoms with Gasteiger partial charge in [-0.25, -0.2) is 4.98 Å². The quantitative estimate of drug-likeness (QED) is 0.408. The molecule has 3 heterocycles. The number of aliphatic hydroxyl groups excluding tert-OH is 2. The Bertz CT molecular complexity index is 1080. The molecule has 3 aromatic rings. The molecule has 3 unspecified atom stereocenters. The molecule has 8 nitrogen and oxygen atoms in total. The molecule has 10 heteroatoms. The number of benzene rings is 1. The standard InChI is InChI=1S/C20H26ClN5O3Si/c1-11-7-12(30(2,3)4)5-6-13(11)23-18-17-19(25-20(21)24-18)26(10-22-17)16-8-14(28)15(9-27)29-16/h5-7,10,14-16,27-28H,8-9H2,1-4H3,(H,23,24,25). The van der Waals surface area contributed by atoms with Gasteiger partial charge in [-0.05, 0) is 30.2 Å². The van der Waals surface area contributed by atoms with E-state index in [9.17, 15) is 10.2 Å². The first-order chi connectivity index (χ1) is 14.2. The van der Waals surface area contributed by atoms with Crippen LogP contribution < -0.4 is 10.5 Å². The van der Waals surface area contributed by atoms with Crippen molar-refractivity contribution in [1.82, 2.24) is 19.5 Å². The van der Waals surface area contributed by atoms with Crippen LogP contribution in [0.4, 0.5) is 11.5 Å². The van der Waals surface area contributed by atoms with Crippen LogP contribution in [-0.2, 0) is 4.74 Å². The van der Waals surface area contributed by atoms with Crippen molar-refractivity contribution in [3.05, 3.63) is 35.4 Å². The zero-order chi connectivity index (χ0) is 21.6. The van der Waals surface area contributed by atoms with Crippen LogP contribution in [0.5, 0.6) is 0 Å². The minimum atomic E-state index is -1.40. The van der Waals surface area contributed by atoms with E-state index in [2.05, 4.69) is 65.0 Å². The van der Waals surface area contributed by atoms with E-state index in [-0.39, 0.29) is 11.9 Å². The Morgan fingerprint density at radius 1 is 1.30 bits per heavy atom. The van der Waals surface area contributed by atoms with Crippen LogP contribution >= 0.6 is 11.6 Å². The number of hydrogen-bond acceptors (Lipinski definition) is 7. The van der Waals surface area contributed by atoms with Gasteiger partial charge in [-0.2, -0.15) is 9.97 Å². The van der Waals surface area contributed by atoms with Crippen molar-refractivity contribution < 1.29 is 14.9 Å². The number of halogens is 1. The third-order valence-corrected chi connectivity index (χ3v) is 7.65. The molecule has 0 radical (unpaired) electrons. The maximum Gasteiger partial charge on any atom is 0.226 e. The van der Waals surface area contributed by atoms with Crippen LogP contribution in [0.1, 0.15) is 18.2 Å². The Kier molecular flexibility index (Phi) is 5.58. The summed E-state index contributed by atoms with van der Waals surface area (Å²) in [4.78, 5) is 13.1. The van der Waals surface area contributed by atoms with E-state index in [4.69, 9.17) is 16.3 Å². The lowest BCUT2D eigenvalue weighted by atomic mass is 10.2. The van der Waals surface area contributed by atoms with Crippen molar-refractivity contribution in [2.75, 3.05) is 11.9 Å². The minimum Gasteiger partial charge on any atom is -0.394 e. The van der Waals surface area contributed by atoms with Crippen molar-refractivity contribution in [1.29, 1.82) is 0 Å². The monoisotopic (exact) mass is 447 g/mol. The third kappa shape index (κ3) is 3.95. The zero-order valence-corrected chi connectivity index (χ0v) is 19.2. The van der Waals surface area contributed by atoms with E-state index < -0.39 is 26.5 Å². The van der Waals surface area contributed by atoms with Crippen molar-refractivity contribution >= 4 is 47.5 Å². The molecule has 4 rings (SSSR count). The highest BCUT2D eigenvalue weighted by molar-refractivity contribution is 6.88. The minimum absolute atomic E-state index is 0.0837. The van der Waals surface area contributed by atoms with Gasteiger partial charge in [-0.1, -0.05) is 37.0 Å². The van der Waals surface area contributed by atoms with Gasteiger partial charge in [-0.3, -0.25) is 4.57 Å². The molecule has 2 aromatic heterocycles. The lowest BCUT2D eigenvalue weighted by molar-refractivity contribution is -0.0432. The van der Waals surface area contributed by atoms with E-state index in [0.29, 0.717) is 23.4 Å². The molecule has 3 N–H and O–H groups in total. The number of nitrogens with one attached hydrogen (secondary N) is 1. The molecular formula is C20H26ClN5O3Si. The lowest BCUT2D eigenvalue weighted by Crippen LogP contribution is -2.37. The number of aryl methyl sites for hydroxylation is 1. The second-order valence-corrected chi connectivity index (χ2v) is 14.1. The number of fused-ring (bicyclic) bond motifs is 1. The topological polar surface area (TPSA) is 105 Å². The first kappa shape index (κ1) is 21.2. The van der Waals surface area contributed by atoms with E-state index in [0.717, 1.165) is 11.3 Å². The molecular weight excluding hydrogens is 422 g/mol. The molecule has 0 saturated carbocycles. The first-order valence-corrected chi connectivity index (χ1v) is 13.8. The Morgan fingerprint density at radius 3 is 2.70 bits per heavy atom. The van der Waals surface area contributed by atoms with Crippen LogP contribution in [0.25, 0.3) is 11.2 Å². The summed E-state index contributed by atoms with van der Waals surface area (Å²) in [7, 11) is -1.40. The van der Waals surface area contributed by atoms with Crippen molar-refractivity contribution in [3.8, 4) is 0 Å². The molecule has 30 heavy (non-hydrogen) atoms. The zero-order valence-electron chi connectivity index (χ0n) is 17.4. The fourth-order valence-corrected chi connectivity index (χ4v) is 5.03. The average Bonchev–Trinajstić information content (AvgIpc) is 3.25. The van der Waals surface area contributed by atoms with Gasteiger partial charge in [0.15, 0.2) is 17.0 Å². The van der Waals surface area contributed by atoms with Gasteiger partial charge in [-0.15, -0.1) is 0 Å². The summed E-state index contributed by atoms with van der Waals surface area (Å²) in [5, 5.41) is 24.2. The summed E-state index contributed by atoms with van der Waals surface area (Å²) in [5.41, 5.74) is 3.10. The second-order valence-electron chi connectivity index (χ2n) is 8.68. The number of ether oxygens (including phenoxy) is 1. The number of anilines is 2. The highest BCUT2D eigenvalue weighted by Gasteiger charge is 2.35. The highest BCUT2D eigenvalue weighted by atomic mass is 35.5. The number of hydrogen-bond donors (Lipinski definition) is 3. The molecule has 0 amide bonds. The lowest BCUT2D eigenvalue weighted by Gasteiger charge is -2.19. The molecule has 1 aromatic carbocycles. The van der Waals surface area contributed by atoms with Crippen LogP contribution in [0.3, 0.4) is 0 Å². The number of nitrogens with zero attached hydrogens (tertiary/aromatic N) is 4. The molecule has 1 aliphatic heterocycles. The Hall–Kier alpha value is -2.04. The second kappa shape index (κ2) is 7.90. The highest BCUT2D eigenvalue weighted by Crippen LogP contribution is 2.33. The summed E-state index contributed by atoms with van der Waals surface area (Å²) < 4.78 is 7.46. The van der Waals surface area contributed by atoms with Crippen molar-refractivity contribution in [2.45, 2.75) is 51.4 Å². The van der Waals surface area contributed by atoms with Gasteiger partial charge >= 0.3 is 0 Å². The number of rotatable bonds is 5. The first-order valence-electron chi connectivity index (χ1n) is 9.90. The molecule has 3 atom stereocenters. The number of aliphatic hydroxyl groups is 2. The van der Waals surface area contributed by atoms with Gasteiger partial charge in [0.1, 0.15) is 12.3 Å². The van der Waals surface area contributed by atoms with Crippen molar-refractivity contribution in [3.63, 3.8) is 0 Å². The molecule has 1 saturated heterocycles. The van der Waals surface area contributed by atoms with E-state index in [1.165, 1.54) is 5.19 Å². The Morgan fingerprint density at radius 2 is 2.07 bits per heavy atom. The molecule has 0 aliphatic carbocycles. The third-order valence-electron chi connectivity index (χ3n) is 5.43. The smallest absolute Gasteiger partial charge is 0.226 e. The predicted molar refractivity (Wildman–Crippen MR) is 119 cm³/mol. The average molecular weight is 448 g/mol.